The minimum absolute atomic E-state index is 0.0704. The largest absolute Gasteiger partial charge is 0.326 e. The lowest BCUT2D eigenvalue weighted by molar-refractivity contribution is -0.117. The van der Waals surface area contributed by atoms with Gasteiger partial charge in [-0.2, -0.15) is 5.26 Å². The molecule has 10 heteroatoms. The summed E-state index contributed by atoms with van der Waals surface area (Å²) in [7, 11) is 0. The second-order valence-electron chi connectivity index (χ2n) is 5.86. The number of carbonyl (C=O) groups is 2. The highest BCUT2D eigenvalue weighted by molar-refractivity contribution is 7.99. The Bertz CT molecular complexity index is 1050. The number of carbonyl (C=O) groups excluding carboxylic acids is 2. The van der Waals surface area contributed by atoms with Gasteiger partial charge in [-0.25, -0.2) is 4.98 Å². The topological polar surface area (TPSA) is 114 Å². The number of rotatable bonds is 7. The van der Waals surface area contributed by atoms with Gasteiger partial charge < -0.3 is 5.32 Å². The molecule has 3 rings (SSSR count). The summed E-state index contributed by atoms with van der Waals surface area (Å²) in [6.45, 7) is 3.26. The van der Waals surface area contributed by atoms with Gasteiger partial charge in [0.15, 0.2) is 16.9 Å². The number of hydrogen-bond donors (Lipinski definition) is 1. The van der Waals surface area contributed by atoms with E-state index in [1.54, 1.807) is 22.8 Å². The van der Waals surface area contributed by atoms with Gasteiger partial charge in [0.25, 0.3) is 0 Å². The summed E-state index contributed by atoms with van der Waals surface area (Å²) in [6.07, 6.45) is 1.53. The Morgan fingerprint density at radius 2 is 2.25 bits per heavy atom. The van der Waals surface area contributed by atoms with Crippen molar-refractivity contribution in [3.05, 3.63) is 46.7 Å². The number of hydrogen-bond acceptors (Lipinski definition) is 8. The highest BCUT2D eigenvalue weighted by Gasteiger charge is 2.24. The van der Waals surface area contributed by atoms with Gasteiger partial charge >= 0.3 is 0 Å². The normalized spacial score (nSPS) is 11.6. The first-order valence-electron chi connectivity index (χ1n) is 8.23. The summed E-state index contributed by atoms with van der Waals surface area (Å²) in [5, 5.41) is 22.9. The number of amides is 1. The molecule has 0 spiro atoms. The first-order valence-corrected chi connectivity index (χ1v) is 10.1. The number of aryl methyl sites for hydroxylation is 1. The van der Waals surface area contributed by atoms with Crippen molar-refractivity contribution in [3.63, 3.8) is 0 Å². The maximum absolute atomic E-state index is 12.5. The van der Waals surface area contributed by atoms with Crippen molar-refractivity contribution >= 4 is 40.5 Å². The van der Waals surface area contributed by atoms with E-state index >= 15 is 0 Å². The zero-order valence-electron chi connectivity index (χ0n) is 15.1. The molecule has 8 nitrogen and oxygen atoms in total. The van der Waals surface area contributed by atoms with E-state index in [1.165, 1.54) is 36.3 Å². The number of Topliss-reactive ketones (excluding diaryl/α,β-unsaturated/α-hetero) is 1. The Morgan fingerprint density at radius 3 is 2.93 bits per heavy atom. The van der Waals surface area contributed by atoms with Crippen molar-refractivity contribution in [2.24, 2.45) is 0 Å². The van der Waals surface area contributed by atoms with Crippen molar-refractivity contribution in [2.45, 2.75) is 24.9 Å². The van der Waals surface area contributed by atoms with Crippen LogP contribution < -0.4 is 5.32 Å². The van der Waals surface area contributed by atoms with Crippen LogP contribution in [0.4, 0.5) is 5.69 Å². The number of benzene rings is 1. The molecule has 0 saturated heterocycles. The van der Waals surface area contributed by atoms with Gasteiger partial charge in [-0.1, -0.05) is 17.8 Å². The van der Waals surface area contributed by atoms with Crippen LogP contribution in [0, 0.1) is 18.3 Å². The Morgan fingerprint density at radius 1 is 1.43 bits per heavy atom. The van der Waals surface area contributed by atoms with E-state index in [4.69, 9.17) is 0 Å². The molecule has 0 unspecified atom stereocenters. The molecule has 0 radical (unpaired) electrons. The maximum Gasteiger partial charge on any atom is 0.221 e. The van der Waals surface area contributed by atoms with E-state index < -0.39 is 5.92 Å². The van der Waals surface area contributed by atoms with Crippen LogP contribution in [-0.4, -0.2) is 37.2 Å². The third kappa shape index (κ3) is 4.62. The molecule has 1 aromatic carbocycles. The second kappa shape index (κ2) is 8.77. The van der Waals surface area contributed by atoms with Crippen LogP contribution in [0.2, 0.25) is 0 Å². The molecule has 0 aliphatic carbocycles. The first-order chi connectivity index (χ1) is 13.5. The predicted octanol–water partition coefficient (Wildman–Crippen LogP) is 2.96. The van der Waals surface area contributed by atoms with Gasteiger partial charge in [-0.15, -0.1) is 21.5 Å². The average molecular weight is 413 g/mol. The van der Waals surface area contributed by atoms with Gasteiger partial charge in [0.2, 0.25) is 5.91 Å². The summed E-state index contributed by atoms with van der Waals surface area (Å²) in [5.74, 6) is -1.21. The van der Waals surface area contributed by atoms with Gasteiger partial charge in [-0.3, -0.25) is 14.2 Å². The molecule has 1 amide bonds. The monoisotopic (exact) mass is 412 g/mol. The molecule has 0 aliphatic rings. The minimum Gasteiger partial charge on any atom is -0.326 e. The Hall–Kier alpha value is -3.03. The number of thiazole rings is 1. The summed E-state index contributed by atoms with van der Waals surface area (Å²) in [4.78, 5) is 28.0. The lowest BCUT2D eigenvalue weighted by Crippen LogP contribution is -2.13. The fraction of sp³-hybridized carbons (Fsp3) is 0.222. The number of aromatic nitrogens is 4. The lowest BCUT2D eigenvalue weighted by atomic mass is 10.1. The average Bonchev–Trinajstić information content (AvgIpc) is 3.29. The predicted molar refractivity (Wildman–Crippen MR) is 107 cm³/mol. The first kappa shape index (κ1) is 19.7. The van der Waals surface area contributed by atoms with Crippen LogP contribution in [0.3, 0.4) is 0 Å². The minimum atomic E-state index is -0.884. The summed E-state index contributed by atoms with van der Waals surface area (Å²) in [6, 6.07) is 9.24. The second-order valence-corrected chi connectivity index (χ2v) is 7.69. The third-order valence-corrected chi connectivity index (χ3v) is 5.63. The van der Waals surface area contributed by atoms with Crippen molar-refractivity contribution < 1.29 is 9.59 Å². The van der Waals surface area contributed by atoms with Crippen LogP contribution in [0.1, 0.15) is 23.5 Å². The zero-order valence-corrected chi connectivity index (χ0v) is 16.8. The molecule has 1 N–H and O–H groups in total. The molecular weight excluding hydrogens is 396 g/mol. The van der Waals surface area contributed by atoms with Crippen molar-refractivity contribution in [2.75, 3.05) is 11.1 Å². The van der Waals surface area contributed by atoms with Crippen LogP contribution >= 0.6 is 23.1 Å². The zero-order chi connectivity index (χ0) is 20.1. The van der Waals surface area contributed by atoms with E-state index in [2.05, 4.69) is 20.5 Å². The van der Waals surface area contributed by atoms with Crippen LogP contribution in [0.5, 0.6) is 0 Å². The fourth-order valence-corrected chi connectivity index (χ4v) is 4.12. The van der Waals surface area contributed by atoms with Crippen LogP contribution in [0.15, 0.2) is 41.1 Å². The third-order valence-electron chi connectivity index (χ3n) is 3.64. The van der Waals surface area contributed by atoms with Crippen molar-refractivity contribution in [3.8, 4) is 11.8 Å². The Labute approximate surface area is 169 Å². The quantitative estimate of drug-likeness (QED) is 0.593. The molecule has 0 bridgehead atoms. The van der Waals surface area contributed by atoms with E-state index in [0.29, 0.717) is 15.9 Å². The number of thioether (sulfide) groups is 1. The standard InChI is InChI=1S/C18H16N6O2S2/c1-11-8-27-17(21-11)15(7-19)16(26)9-28-18-23-20-10-24(18)14-5-3-4-13(6-14)22-12(2)25/h3-6,8,10,15H,9H2,1-2H3,(H,22,25)/t15-/m1/s1. The Balaban J connectivity index is 1.73. The molecule has 28 heavy (non-hydrogen) atoms. The van der Waals surface area contributed by atoms with Gasteiger partial charge in [-0.05, 0) is 25.1 Å². The molecule has 2 aromatic heterocycles. The molecule has 0 aliphatic heterocycles. The highest BCUT2D eigenvalue weighted by atomic mass is 32.2. The van der Waals surface area contributed by atoms with Crippen molar-refractivity contribution in [1.82, 2.24) is 19.7 Å². The smallest absolute Gasteiger partial charge is 0.221 e. The SMILES string of the molecule is CC(=O)Nc1cccc(-n2cnnc2SCC(=O)[C@@H](C#N)c2nc(C)cs2)c1. The number of ketones is 1. The molecule has 2 heterocycles. The summed E-state index contributed by atoms with van der Waals surface area (Å²) < 4.78 is 1.72. The lowest BCUT2D eigenvalue weighted by Gasteiger charge is -2.09. The molecule has 3 aromatic rings. The number of nitrogens with zero attached hydrogens (tertiary/aromatic N) is 5. The van der Waals surface area contributed by atoms with E-state index in [1.807, 2.05) is 24.4 Å². The summed E-state index contributed by atoms with van der Waals surface area (Å²) >= 11 is 2.51. The fourth-order valence-electron chi connectivity index (χ4n) is 2.43. The highest BCUT2D eigenvalue weighted by Crippen LogP contribution is 2.26. The molecule has 1 atom stereocenters. The van der Waals surface area contributed by atoms with E-state index in [-0.39, 0.29) is 17.4 Å². The maximum atomic E-state index is 12.5. The molecular formula is C18H16N6O2S2. The van der Waals surface area contributed by atoms with Gasteiger partial charge in [0, 0.05) is 23.7 Å². The molecule has 0 saturated carbocycles. The number of nitrogens with one attached hydrogen (secondary N) is 1. The number of nitriles is 1. The van der Waals surface area contributed by atoms with Crippen molar-refractivity contribution in [1.29, 1.82) is 5.26 Å². The van der Waals surface area contributed by atoms with E-state index in [9.17, 15) is 14.9 Å². The Kier molecular flexibility index (Phi) is 6.18. The van der Waals surface area contributed by atoms with Crippen LogP contribution in [0.25, 0.3) is 5.69 Å². The summed E-state index contributed by atoms with van der Waals surface area (Å²) in [5.41, 5.74) is 2.19. The van der Waals surface area contributed by atoms with Gasteiger partial charge in [0.05, 0.1) is 17.5 Å². The molecule has 0 fully saturated rings. The van der Waals surface area contributed by atoms with Gasteiger partial charge in [0.1, 0.15) is 11.3 Å². The van der Waals surface area contributed by atoms with E-state index in [0.717, 1.165) is 11.4 Å². The molecule has 142 valence electrons. The number of anilines is 1. The van der Waals surface area contributed by atoms with Crippen LogP contribution in [-0.2, 0) is 9.59 Å².